The van der Waals surface area contributed by atoms with Gasteiger partial charge in [-0.3, -0.25) is 9.59 Å². The molecule has 0 bridgehead atoms. The molecule has 0 amide bonds. The zero-order valence-electron chi connectivity index (χ0n) is 15.6. The molecule has 1 aliphatic rings. The van der Waals surface area contributed by atoms with Gasteiger partial charge >= 0.3 is 11.9 Å². The van der Waals surface area contributed by atoms with Gasteiger partial charge in [0.25, 0.3) is 0 Å². The quantitative estimate of drug-likeness (QED) is 0.689. The van der Waals surface area contributed by atoms with Crippen LogP contribution >= 0.6 is 0 Å². The maximum Gasteiger partial charge on any atom is 0.311 e. The molecule has 3 rings (SSSR count). The number of rotatable bonds is 7. The van der Waals surface area contributed by atoms with Crippen molar-refractivity contribution in [2.24, 2.45) is 5.92 Å². The van der Waals surface area contributed by atoms with Gasteiger partial charge in [-0.25, -0.2) is 4.98 Å². The molecule has 0 spiro atoms. The lowest BCUT2D eigenvalue weighted by Crippen LogP contribution is -2.23. The number of carbonyl (C=O) groups excluding carboxylic acids is 2. The van der Waals surface area contributed by atoms with Gasteiger partial charge < -0.3 is 13.9 Å². The van der Waals surface area contributed by atoms with Crippen molar-refractivity contribution in [1.82, 2.24) is 4.98 Å². The predicted octanol–water partition coefficient (Wildman–Crippen LogP) is 3.80. The highest BCUT2D eigenvalue weighted by Gasteiger charge is 2.30. The molecule has 2 aromatic rings. The van der Waals surface area contributed by atoms with E-state index in [1.165, 1.54) is 6.26 Å². The Morgan fingerprint density at radius 1 is 1.11 bits per heavy atom. The summed E-state index contributed by atoms with van der Waals surface area (Å²) >= 11 is 0. The second kappa shape index (κ2) is 9.35. The summed E-state index contributed by atoms with van der Waals surface area (Å²) in [6.07, 6.45) is 4.81. The molecule has 1 fully saturated rings. The van der Waals surface area contributed by atoms with E-state index >= 15 is 0 Å². The van der Waals surface area contributed by atoms with Crippen LogP contribution in [0.15, 0.2) is 41.0 Å². The molecular formula is C21H25NO5. The summed E-state index contributed by atoms with van der Waals surface area (Å²) in [5, 5.41) is 0. The summed E-state index contributed by atoms with van der Waals surface area (Å²) in [6.45, 7) is 2.44. The highest BCUT2D eigenvalue weighted by Crippen LogP contribution is 2.36. The minimum Gasteiger partial charge on any atom is -0.466 e. The van der Waals surface area contributed by atoms with Crippen molar-refractivity contribution < 1.29 is 23.5 Å². The molecule has 6 nitrogen and oxygen atoms in total. The maximum atomic E-state index is 12.3. The molecule has 1 aromatic carbocycles. The van der Waals surface area contributed by atoms with Gasteiger partial charge in [-0.1, -0.05) is 30.3 Å². The smallest absolute Gasteiger partial charge is 0.311 e. The second-order valence-corrected chi connectivity index (χ2v) is 6.80. The van der Waals surface area contributed by atoms with E-state index < -0.39 is 0 Å². The number of nitrogens with zero attached hydrogens (tertiary/aromatic N) is 1. The molecule has 0 radical (unpaired) electrons. The van der Waals surface area contributed by atoms with Crippen LogP contribution < -0.4 is 0 Å². The fourth-order valence-electron chi connectivity index (χ4n) is 3.37. The topological polar surface area (TPSA) is 78.6 Å². The van der Waals surface area contributed by atoms with E-state index in [9.17, 15) is 9.59 Å². The van der Waals surface area contributed by atoms with Crippen LogP contribution in [0.1, 0.15) is 55.7 Å². The van der Waals surface area contributed by atoms with E-state index in [1.54, 1.807) is 6.92 Å². The van der Waals surface area contributed by atoms with E-state index in [-0.39, 0.29) is 30.2 Å². The Hall–Kier alpha value is -2.63. The third kappa shape index (κ3) is 5.42. The first-order valence-corrected chi connectivity index (χ1v) is 9.46. The standard InChI is InChI=1S/C21H25NO5/c1-2-25-19(23)12-18-14-26-20(22-18)16-8-10-17(11-9-16)21(24)27-13-15-6-4-3-5-7-15/h3-7,14,16-17H,2,8-13H2,1H3. The minimum atomic E-state index is -0.304. The third-order valence-electron chi connectivity index (χ3n) is 4.83. The van der Waals surface area contributed by atoms with Crippen LogP contribution in [0.4, 0.5) is 0 Å². The van der Waals surface area contributed by atoms with Gasteiger partial charge in [0, 0.05) is 5.92 Å². The van der Waals surface area contributed by atoms with Crippen molar-refractivity contribution in [2.75, 3.05) is 6.61 Å². The fraction of sp³-hybridized carbons (Fsp3) is 0.476. The van der Waals surface area contributed by atoms with Crippen LogP contribution in [0.25, 0.3) is 0 Å². The summed E-state index contributed by atoms with van der Waals surface area (Å²) in [5.74, 6) is 0.318. The summed E-state index contributed by atoms with van der Waals surface area (Å²) in [7, 11) is 0. The summed E-state index contributed by atoms with van der Waals surface area (Å²) in [4.78, 5) is 28.2. The van der Waals surface area contributed by atoms with E-state index in [2.05, 4.69) is 4.98 Å². The Morgan fingerprint density at radius 3 is 2.56 bits per heavy atom. The number of ether oxygens (including phenoxy) is 2. The third-order valence-corrected chi connectivity index (χ3v) is 4.83. The Labute approximate surface area is 158 Å². The number of carbonyl (C=O) groups is 2. The minimum absolute atomic E-state index is 0.0704. The molecule has 0 atom stereocenters. The summed E-state index contributed by atoms with van der Waals surface area (Å²) in [5.41, 5.74) is 1.58. The number of esters is 2. The first-order valence-electron chi connectivity index (χ1n) is 9.46. The molecule has 0 unspecified atom stereocenters. The molecule has 1 saturated carbocycles. The molecule has 0 saturated heterocycles. The van der Waals surface area contributed by atoms with Crippen LogP contribution in [0.2, 0.25) is 0 Å². The predicted molar refractivity (Wildman–Crippen MR) is 97.8 cm³/mol. The normalized spacial score (nSPS) is 19.4. The maximum absolute atomic E-state index is 12.3. The lowest BCUT2D eigenvalue weighted by Gasteiger charge is -2.25. The van der Waals surface area contributed by atoms with Gasteiger partial charge in [0.05, 0.1) is 24.6 Å². The lowest BCUT2D eigenvalue weighted by molar-refractivity contribution is -0.151. The highest BCUT2D eigenvalue weighted by atomic mass is 16.5. The molecule has 0 aliphatic heterocycles. The molecule has 0 N–H and O–H groups in total. The molecule has 1 aromatic heterocycles. The van der Waals surface area contributed by atoms with Gasteiger partial charge in [0.2, 0.25) is 0 Å². The monoisotopic (exact) mass is 371 g/mol. The summed E-state index contributed by atoms with van der Waals surface area (Å²) < 4.78 is 15.9. The van der Waals surface area contributed by atoms with Crippen molar-refractivity contribution in [2.45, 2.75) is 51.6 Å². The first kappa shape index (κ1) is 19.1. The van der Waals surface area contributed by atoms with Gasteiger partial charge in [-0.05, 0) is 38.2 Å². The van der Waals surface area contributed by atoms with Crippen molar-refractivity contribution >= 4 is 11.9 Å². The van der Waals surface area contributed by atoms with Gasteiger partial charge in [0.15, 0.2) is 5.89 Å². The van der Waals surface area contributed by atoms with Crippen molar-refractivity contribution in [3.63, 3.8) is 0 Å². The van der Waals surface area contributed by atoms with E-state index in [0.717, 1.165) is 31.2 Å². The Morgan fingerprint density at radius 2 is 1.85 bits per heavy atom. The number of hydrogen-bond acceptors (Lipinski definition) is 6. The molecular weight excluding hydrogens is 346 g/mol. The molecule has 144 valence electrons. The van der Waals surface area contributed by atoms with E-state index in [1.807, 2.05) is 30.3 Å². The SMILES string of the molecule is CCOC(=O)Cc1coc(C2CCC(C(=O)OCc3ccccc3)CC2)n1. The van der Waals surface area contributed by atoms with Crippen LogP contribution in [0, 0.1) is 5.92 Å². The molecule has 1 heterocycles. The zero-order chi connectivity index (χ0) is 19.1. The van der Waals surface area contributed by atoms with E-state index in [0.29, 0.717) is 24.8 Å². The van der Waals surface area contributed by atoms with E-state index in [4.69, 9.17) is 13.9 Å². The highest BCUT2D eigenvalue weighted by molar-refractivity contribution is 5.72. The first-order chi connectivity index (χ1) is 13.2. The van der Waals surface area contributed by atoms with Crippen LogP contribution in [0.5, 0.6) is 0 Å². The average Bonchev–Trinajstić information content (AvgIpc) is 3.15. The Balaban J connectivity index is 1.45. The Kier molecular flexibility index (Phi) is 6.63. The second-order valence-electron chi connectivity index (χ2n) is 6.80. The fourth-order valence-corrected chi connectivity index (χ4v) is 3.37. The van der Waals surface area contributed by atoms with Gasteiger partial charge in [-0.2, -0.15) is 0 Å². The van der Waals surface area contributed by atoms with Gasteiger partial charge in [-0.15, -0.1) is 0 Å². The van der Waals surface area contributed by atoms with Crippen molar-refractivity contribution in [3.8, 4) is 0 Å². The van der Waals surface area contributed by atoms with Gasteiger partial charge in [0.1, 0.15) is 12.9 Å². The largest absolute Gasteiger partial charge is 0.466 e. The number of oxazole rings is 1. The number of aromatic nitrogens is 1. The van der Waals surface area contributed by atoms with Crippen LogP contribution in [-0.2, 0) is 32.1 Å². The molecule has 27 heavy (non-hydrogen) atoms. The van der Waals surface area contributed by atoms with Crippen molar-refractivity contribution in [3.05, 3.63) is 53.7 Å². The summed E-state index contributed by atoms with van der Waals surface area (Å²) in [6, 6.07) is 9.69. The van der Waals surface area contributed by atoms with Crippen LogP contribution in [-0.4, -0.2) is 23.5 Å². The number of benzene rings is 1. The van der Waals surface area contributed by atoms with Crippen molar-refractivity contribution in [1.29, 1.82) is 0 Å². The van der Waals surface area contributed by atoms with Crippen LogP contribution in [0.3, 0.4) is 0 Å². The lowest BCUT2D eigenvalue weighted by atomic mass is 9.82. The molecule has 1 aliphatic carbocycles. The Bertz CT molecular complexity index is 747. The number of hydrogen-bond donors (Lipinski definition) is 0. The average molecular weight is 371 g/mol. The zero-order valence-corrected chi connectivity index (χ0v) is 15.6. The molecule has 6 heteroatoms.